The monoisotopic (exact) mass is 263 g/mol. The molecule has 2 heterocycles. The van der Waals surface area contributed by atoms with E-state index in [9.17, 15) is 0 Å². The van der Waals surface area contributed by atoms with Gasteiger partial charge in [-0.2, -0.15) is 0 Å². The highest BCUT2D eigenvalue weighted by atomic mass is 14.9. The Balaban J connectivity index is 1.69. The average Bonchev–Trinajstić information content (AvgIpc) is 2.49. The molecular formula is C17H17N3. The lowest BCUT2D eigenvalue weighted by molar-refractivity contribution is 0.694. The molecule has 0 aliphatic carbocycles. The summed E-state index contributed by atoms with van der Waals surface area (Å²) in [5.41, 5.74) is 3.55. The van der Waals surface area contributed by atoms with E-state index >= 15 is 0 Å². The first-order valence-corrected chi connectivity index (χ1v) is 6.77. The number of nitrogens with one attached hydrogen (secondary N) is 1. The van der Waals surface area contributed by atoms with Crippen molar-refractivity contribution in [2.45, 2.75) is 20.0 Å². The van der Waals surface area contributed by atoms with E-state index in [1.54, 1.807) is 0 Å². The van der Waals surface area contributed by atoms with Crippen molar-refractivity contribution in [2.75, 3.05) is 0 Å². The van der Waals surface area contributed by atoms with Crippen LogP contribution in [0.5, 0.6) is 0 Å². The maximum Gasteiger partial charge on any atom is 0.0372 e. The smallest absolute Gasteiger partial charge is 0.0372 e. The van der Waals surface area contributed by atoms with E-state index in [-0.39, 0.29) is 0 Å². The third kappa shape index (κ3) is 2.83. The third-order valence-electron chi connectivity index (χ3n) is 3.39. The number of hydrogen-bond acceptors (Lipinski definition) is 3. The zero-order chi connectivity index (χ0) is 13.8. The molecule has 0 saturated heterocycles. The quantitative estimate of drug-likeness (QED) is 0.785. The normalized spacial score (nSPS) is 10.8. The first-order valence-electron chi connectivity index (χ1n) is 6.77. The highest BCUT2D eigenvalue weighted by Crippen LogP contribution is 2.17. The minimum Gasteiger partial charge on any atom is -0.309 e. The summed E-state index contributed by atoms with van der Waals surface area (Å²) in [6, 6.07) is 12.6. The molecule has 2 aromatic heterocycles. The highest BCUT2D eigenvalue weighted by Gasteiger charge is 2.00. The molecule has 1 N–H and O–H groups in total. The molecule has 3 heteroatoms. The molecule has 20 heavy (non-hydrogen) atoms. The Morgan fingerprint density at radius 3 is 2.80 bits per heavy atom. The first-order chi connectivity index (χ1) is 9.83. The van der Waals surface area contributed by atoms with Crippen LogP contribution >= 0.6 is 0 Å². The SMILES string of the molecule is Cc1ccc(CNCc2cccc3cnccc23)cn1. The minimum absolute atomic E-state index is 0.828. The van der Waals surface area contributed by atoms with E-state index in [4.69, 9.17) is 0 Å². The summed E-state index contributed by atoms with van der Waals surface area (Å²) in [6.45, 7) is 3.67. The summed E-state index contributed by atoms with van der Waals surface area (Å²) >= 11 is 0. The molecule has 3 aromatic rings. The second kappa shape index (κ2) is 5.80. The van der Waals surface area contributed by atoms with E-state index < -0.39 is 0 Å². The summed E-state index contributed by atoms with van der Waals surface area (Å²) < 4.78 is 0. The molecule has 0 bridgehead atoms. The van der Waals surface area contributed by atoms with Gasteiger partial charge in [0, 0.05) is 42.8 Å². The van der Waals surface area contributed by atoms with Crippen molar-refractivity contribution in [3.05, 3.63) is 71.8 Å². The maximum absolute atomic E-state index is 4.31. The molecule has 100 valence electrons. The van der Waals surface area contributed by atoms with Crippen molar-refractivity contribution in [3.8, 4) is 0 Å². The van der Waals surface area contributed by atoms with Gasteiger partial charge in [0.25, 0.3) is 0 Å². The summed E-state index contributed by atoms with van der Waals surface area (Å²) in [4.78, 5) is 8.47. The number of fused-ring (bicyclic) bond motifs is 1. The third-order valence-corrected chi connectivity index (χ3v) is 3.39. The molecule has 0 unspecified atom stereocenters. The molecule has 0 aliphatic heterocycles. The fourth-order valence-corrected chi connectivity index (χ4v) is 2.29. The molecule has 0 atom stereocenters. The van der Waals surface area contributed by atoms with Crippen LogP contribution in [0.4, 0.5) is 0 Å². The molecule has 3 nitrogen and oxygen atoms in total. The van der Waals surface area contributed by atoms with Crippen molar-refractivity contribution in [1.82, 2.24) is 15.3 Å². The van der Waals surface area contributed by atoms with Crippen molar-refractivity contribution in [3.63, 3.8) is 0 Å². The molecule has 0 spiro atoms. The zero-order valence-electron chi connectivity index (χ0n) is 11.5. The van der Waals surface area contributed by atoms with Crippen LogP contribution < -0.4 is 5.32 Å². The predicted molar refractivity (Wildman–Crippen MR) is 81.3 cm³/mol. The van der Waals surface area contributed by atoms with Crippen LogP contribution in [0.3, 0.4) is 0 Å². The molecule has 0 radical (unpaired) electrons. The Bertz CT molecular complexity index is 700. The first kappa shape index (κ1) is 12.8. The number of aryl methyl sites for hydroxylation is 1. The minimum atomic E-state index is 0.828. The van der Waals surface area contributed by atoms with E-state index in [0.29, 0.717) is 0 Å². The van der Waals surface area contributed by atoms with Crippen LogP contribution in [-0.2, 0) is 13.1 Å². The highest BCUT2D eigenvalue weighted by molar-refractivity contribution is 5.84. The second-order valence-electron chi connectivity index (χ2n) is 4.93. The Morgan fingerprint density at radius 1 is 1.00 bits per heavy atom. The Morgan fingerprint density at radius 2 is 1.95 bits per heavy atom. The second-order valence-corrected chi connectivity index (χ2v) is 4.93. The van der Waals surface area contributed by atoms with Gasteiger partial charge in [-0.05, 0) is 35.6 Å². The molecule has 0 fully saturated rings. The Hall–Kier alpha value is -2.26. The summed E-state index contributed by atoms with van der Waals surface area (Å²) in [5.74, 6) is 0. The zero-order valence-corrected chi connectivity index (χ0v) is 11.5. The van der Waals surface area contributed by atoms with Crippen LogP contribution in [0.15, 0.2) is 55.0 Å². The number of hydrogen-bond donors (Lipinski definition) is 1. The topological polar surface area (TPSA) is 37.8 Å². The van der Waals surface area contributed by atoms with Gasteiger partial charge in [0.05, 0.1) is 0 Å². The van der Waals surface area contributed by atoms with Gasteiger partial charge in [-0.3, -0.25) is 9.97 Å². The van der Waals surface area contributed by atoms with Gasteiger partial charge in [0.2, 0.25) is 0 Å². The number of pyridine rings is 2. The number of aromatic nitrogens is 2. The van der Waals surface area contributed by atoms with Gasteiger partial charge < -0.3 is 5.32 Å². The molecular weight excluding hydrogens is 246 g/mol. The van der Waals surface area contributed by atoms with Crippen molar-refractivity contribution in [1.29, 1.82) is 0 Å². The molecule has 0 amide bonds. The number of benzene rings is 1. The Labute approximate surface area is 118 Å². The van der Waals surface area contributed by atoms with Crippen molar-refractivity contribution in [2.24, 2.45) is 0 Å². The van der Waals surface area contributed by atoms with Crippen LogP contribution in [0.2, 0.25) is 0 Å². The lowest BCUT2D eigenvalue weighted by Crippen LogP contribution is -2.13. The van der Waals surface area contributed by atoms with Crippen molar-refractivity contribution < 1.29 is 0 Å². The number of rotatable bonds is 4. The standard InChI is InChI=1S/C17H17N3/c1-13-5-6-14(10-20-13)9-19-12-16-4-2-3-15-11-18-8-7-17(15)16/h2-8,10-11,19H,9,12H2,1H3. The van der Waals surface area contributed by atoms with Crippen LogP contribution in [-0.4, -0.2) is 9.97 Å². The van der Waals surface area contributed by atoms with Crippen molar-refractivity contribution >= 4 is 10.8 Å². The summed E-state index contributed by atoms with van der Waals surface area (Å²) in [6.07, 6.45) is 5.67. The molecule has 3 rings (SSSR count). The molecule has 1 aromatic carbocycles. The fourth-order valence-electron chi connectivity index (χ4n) is 2.29. The van der Waals surface area contributed by atoms with E-state index in [2.05, 4.69) is 45.6 Å². The van der Waals surface area contributed by atoms with Gasteiger partial charge in [0.1, 0.15) is 0 Å². The number of nitrogens with zero attached hydrogens (tertiary/aromatic N) is 2. The Kier molecular flexibility index (Phi) is 3.70. The molecule has 0 saturated carbocycles. The molecule has 0 aliphatic rings. The van der Waals surface area contributed by atoms with E-state index in [1.165, 1.54) is 21.9 Å². The van der Waals surface area contributed by atoms with E-state index in [0.717, 1.165) is 18.8 Å². The van der Waals surface area contributed by atoms with Gasteiger partial charge in [-0.1, -0.05) is 24.3 Å². The van der Waals surface area contributed by atoms with E-state index in [1.807, 2.05) is 31.6 Å². The van der Waals surface area contributed by atoms with Gasteiger partial charge in [-0.15, -0.1) is 0 Å². The van der Waals surface area contributed by atoms with Gasteiger partial charge in [0.15, 0.2) is 0 Å². The van der Waals surface area contributed by atoms with Crippen LogP contribution in [0.25, 0.3) is 10.8 Å². The summed E-state index contributed by atoms with van der Waals surface area (Å²) in [5, 5.41) is 5.91. The summed E-state index contributed by atoms with van der Waals surface area (Å²) in [7, 11) is 0. The van der Waals surface area contributed by atoms with Gasteiger partial charge >= 0.3 is 0 Å². The maximum atomic E-state index is 4.31. The van der Waals surface area contributed by atoms with Crippen LogP contribution in [0, 0.1) is 6.92 Å². The van der Waals surface area contributed by atoms with Gasteiger partial charge in [-0.25, -0.2) is 0 Å². The lowest BCUT2D eigenvalue weighted by atomic mass is 10.1. The predicted octanol–water partition coefficient (Wildman–Crippen LogP) is 3.23. The average molecular weight is 263 g/mol. The van der Waals surface area contributed by atoms with Crippen LogP contribution in [0.1, 0.15) is 16.8 Å². The fraction of sp³-hybridized carbons (Fsp3) is 0.176. The lowest BCUT2D eigenvalue weighted by Gasteiger charge is -2.08. The largest absolute Gasteiger partial charge is 0.309 e.